The zero-order chi connectivity index (χ0) is 14.5. The fourth-order valence-corrected chi connectivity index (χ4v) is 3.48. The van der Waals surface area contributed by atoms with Gasteiger partial charge in [0.25, 0.3) is 5.79 Å². The van der Waals surface area contributed by atoms with Crippen LogP contribution in [0.2, 0.25) is 0 Å². The molecule has 20 heavy (non-hydrogen) atoms. The summed E-state index contributed by atoms with van der Waals surface area (Å²) in [6.07, 6.45) is -0.165. The van der Waals surface area contributed by atoms with Crippen molar-refractivity contribution in [3.8, 4) is 0 Å². The van der Waals surface area contributed by atoms with Gasteiger partial charge < -0.3 is 25.0 Å². The maximum Gasteiger partial charge on any atom is 0.341 e. The largest absolute Gasteiger partial charge is 0.418 e. The van der Waals surface area contributed by atoms with E-state index in [0.29, 0.717) is 18.9 Å². The molecule has 1 spiro atoms. The van der Waals surface area contributed by atoms with E-state index in [1.165, 1.54) is 0 Å². The van der Waals surface area contributed by atoms with Crippen molar-refractivity contribution in [2.45, 2.75) is 68.6 Å². The van der Waals surface area contributed by atoms with Crippen LogP contribution in [0.25, 0.3) is 0 Å². The van der Waals surface area contributed by atoms with Crippen molar-refractivity contribution < 1.29 is 29.3 Å². The van der Waals surface area contributed by atoms with E-state index in [1.807, 2.05) is 6.92 Å². The maximum atomic E-state index is 11.9. The molecule has 7 nitrogen and oxygen atoms in total. The molecule has 3 fully saturated rings. The molecular formula is C13H19NO6. The van der Waals surface area contributed by atoms with Gasteiger partial charge in [0.2, 0.25) is 0 Å². The van der Waals surface area contributed by atoms with Crippen molar-refractivity contribution in [2.24, 2.45) is 0 Å². The maximum absolute atomic E-state index is 11.9. The van der Waals surface area contributed by atoms with Crippen LogP contribution in [0.15, 0.2) is 0 Å². The summed E-state index contributed by atoms with van der Waals surface area (Å²) in [5.41, 5.74) is -0.691. The summed E-state index contributed by atoms with van der Waals surface area (Å²) in [4.78, 5) is 23.8. The van der Waals surface area contributed by atoms with Gasteiger partial charge in [0.05, 0.1) is 5.54 Å². The van der Waals surface area contributed by atoms with E-state index in [1.54, 1.807) is 0 Å². The lowest BCUT2D eigenvalue weighted by atomic mass is 9.84. The van der Waals surface area contributed by atoms with Gasteiger partial charge in [0.15, 0.2) is 12.2 Å². The van der Waals surface area contributed by atoms with Crippen molar-refractivity contribution in [1.82, 2.24) is 5.32 Å². The lowest BCUT2D eigenvalue weighted by Crippen LogP contribution is -2.62. The molecule has 0 saturated carbocycles. The first-order valence-corrected chi connectivity index (χ1v) is 6.96. The van der Waals surface area contributed by atoms with Gasteiger partial charge in [0, 0.05) is 12.5 Å². The summed E-state index contributed by atoms with van der Waals surface area (Å²) < 4.78 is 10.7. The van der Waals surface area contributed by atoms with E-state index in [-0.39, 0.29) is 0 Å². The lowest BCUT2D eigenvalue weighted by molar-refractivity contribution is -0.252. The number of nitrogens with one attached hydrogen (secondary N) is 1. The summed E-state index contributed by atoms with van der Waals surface area (Å²) in [6, 6.07) is 0.315. The molecule has 3 aliphatic rings. The number of rotatable bonds is 0. The van der Waals surface area contributed by atoms with Crippen LogP contribution >= 0.6 is 0 Å². The number of hydrogen-bond donors (Lipinski definition) is 3. The summed E-state index contributed by atoms with van der Waals surface area (Å²) in [5.74, 6) is -3.49. The molecule has 7 heteroatoms. The Morgan fingerprint density at radius 3 is 2.30 bits per heavy atom. The van der Waals surface area contributed by atoms with Crippen LogP contribution in [0.1, 0.15) is 39.0 Å². The highest BCUT2D eigenvalue weighted by atomic mass is 16.7. The minimum atomic E-state index is -1.90. The van der Waals surface area contributed by atoms with E-state index in [9.17, 15) is 19.8 Å². The zero-order valence-corrected chi connectivity index (χ0v) is 11.3. The Morgan fingerprint density at radius 2 is 1.70 bits per heavy atom. The van der Waals surface area contributed by atoms with Gasteiger partial charge in [-0.25, -0.2) is 9.59 Å². The third-order valence-corrected chi connectivity index (χ3v) is 4.73. The average Bonchev–Trinajstić information content (AvgIpc) is 2.69. The van der Waals surface area contributed by atoms with E-state index in [0.717, 1.165) is 19.3 Å². The first-order chi connectivity index (χ1) is 9.37. The summed E-state index contributed by atoms with van der Waals surface area (Å²) in [6.45, 7) is 1.85. The predicted molar refractivity (Wildman–Crippen MR) is 65.3 cm³/mol. The van der Waals surface area contributed by atoms with Crippen LogP contribution in [0.5, 0.6) is 0 Å². The van der Waals surface area contributed by atoms with Crippen molar-refractivity contribution in [3.63, 3.8) is 0 Å². The minimum Gasteiger partial charge on any atom is -0.418 e. The monoisotopic (exact) mass is 285 g/mol. The third kappa shape index (κ3) is 1.84. The highest BCUT2D eigenvalue weighted by Gasteiger charge is 2.61. The number of ether oxygens (including phenoxy) is 2. The Labute approximate surface area is 116 Å². The lowest BCUT2D eigenvalue weighted by Gasteiger charge is -2.43. The van der Waals surface area contributed by atoms with Gasteiger partial charge >= 0.3 is 11.9 Å². The molecular weight excluding hydrogens is 266 g/mol. The number of aliphatic hydroxyl groups excluding tert-OH is 2. The predicted octanol–water partition coefficient (Wildman–Crippen LogP) is -0.801. The Balaban J connectivity index is 2.00. The molecule has 0 aromatic carbocycles. The van der Waals surface area contributed by atoms with Crippen LogP contribution in [0.4, 0.5) is 0 Å². The Kier molecular flexibility index (Phi) is 3.04. The van der Waals surface area contributed by atoms with Crippen LogP contribution in [-0.4, -0.2) is 51.7 Å². The molecule has 2 bridgehead atoms. The zero-order valence-electron chi connectivity index (χ0n) is 11.3. The topological polar surface area (TPSA) is 105 Å². The fraction of sp³-hybridized carbons (Fsp3) is 0.846. The standard InChI is InChI=1S/C13H19NO6/c1-12-6-4-7(14-12)3-2-5-13(12)19-10(17)8(15)9(16)11(18)20-13/h7-9,14-16H,2-6H2,1H3. The van der Waals surface area contributed by atoms with Gasteiger partial charge in [-0.05, 0) is 32.6 Å². The van der Waals surface area contributed by atoms with Crippen molar-refractivity contribution in [2.75, 3.05) is 0 Å². The molecule has 112 valence electrons. The molecule has 3 heterocycles. The second kappa shape index (κ2) is 4.41. The number of fused-ring (bicyclic) bond motifs is 3. The van der Waals surface area contributed by atoms with Crippen LogP contribution in [0, 0.1) is 0 Å². The van der Waals surface area contributed by atoms with Crippen molar-refractivity contribution in [1.29, 1.82) is 0 Å². The third-order valence-electron chi connectivity index (χ3n) is 4.73. The molecule has 3 N–H and O–H groups in total. The van der Waals surface area contributed by atoms with Gasteiger partial charge in [-0.1, -0.05) is 0 Å². The number of esters is 2. The van der Waals surface area contributed by atoms with Gasteiger partial charge in [-0.3, -0.25) is 0 Å². The normalized spacial score (nSPS) is 48.5. The smallest absolute Gasteiger partial charge is 0.341 e. The van der Waals surface area contributed by atoms with E-state index >= 15 is 0 Å². The van der Waals surface area contributed by atoms with Crippen LogP contribution in [-0.2, 0) is 19.1 Å². The molecule has 0 amide bonds. The molecule has 3 saturated heterocycles. The molecule has 0 aromatic rings. The number of carbonyl (C=O) groups excluding carboxylic acids is 2. The Bertz CT molecular complexity index is 428. The molecule has 0 aliphatic carbocycles. The van der Waals surface area contributed by atoms with Crippen molar-refractivity contribution >= 4 is 11.9 Å². The fourth-order valence-electron chi connectivity index (χ4n) is 3.48. The van der Waals surface area contributed by atoms with Gasteiger partial charge in [0.1, 0.15) is 0 Å². The molecule has 0 aromatic heterocycles. The average molecular weight is 285 g/mol. The molecule has 4 unspecified atom stereocenters. The minimum absolute atomic E-state index is 0.315. The Hall–Kier alpha value is -1.18. The summed E-state index contributed by atoms with van der Waals surface area (Å²) >= 11 is 0. The quantitative estimate of drug-likeness (QED) is 0.500. The highest BCUT2D eigenvalue weighted by molar-refractivity contribution is 5.87. The van der Waals surface area contributed by atoms with Crippen molar-refractivity contribution in [3.05, 3.63) is 0 Å². The Morgan fingerprint density at radius 1 is 1.10 bits per heavy atom. The van der Waals surface area contributed by atoms with Crippen LogP contribution in [0.3, 0.4) is 0 Å². The first kappa shape index (κ1) is 13.8. The SMILES string of the molecule is CC12CCC(CCCC13OC(=O)C(O)C(O)C(=O)O3)N2. The molecule has 3 aliphatic heterocycles. The van der Waals surface area contributed by atoms with Gasteiger partial charge in [-0.2, -0.15) is 0 Å². The summed E-state index contributed by atoms with van der Waals surface area (Å²) in [5, 5.41) is 22.5. The molecule has 0 radical (unpaired) electrons. The van der Waals surface area contributed by atoms with E-state index < -0.39 is 35.5 Å². The van der Waals surface area contributed by atoms with Gasteiger partial charge in [-0.15, -0.1) is 0 Å². The highest BCUT2D eigenvalue weighted by Crippen LogP contribution is 2.45. The number of carbonyl (C=O) groups is 2. The first-order valence-electron chi connectivity index (χ1n) is 6.96. The molecule has 4 atom stereocenters. The van der Waals surface area contributed by atoms with E-state index in [2.05, 4.69) is 5.32 Å². The van der Waals surface area contributed by atoms with E-state index in [4.69, 9.17) is 9.47 Å². The number of hydrogen-bond acceptors (Lipinski definition) is 7. The second-order valence-corrected chi connectivity index (χ2v) is 6.09. The number of aliphatic hydroxyl groups is 2. The van der Waals surface area contributed by atoms with Crippen LogP contribution < -0.4 is 5.32 Å². The summed E-state index contributed by atoms with van der Waals surface area (Å²) in [7, 11) is 0. The second-order valence-electron chi connectivity index (χ2n) is 6.09. The molecule has 3 rings (SSSR count).